The molecule has 0 amide bonds. The minimum atomic E-state index is 0.438. The largest absolute Gasteiger partial charge is 0.310 e. The Morgan fingerprint density at radius 2 is 2.33 bits per heavy atom. The highest BCUT2D eigenvalue weighted by atomic mass is 14.9. The van der Waals surface area contributed by atoms with Crippen molar-refractivity contribution < 1.29 is 0 Å². The van der Waals surface area contributed by atoms with Crippen molar-refractivity contribution in [1.82, 2.24) is 5.32 Å². The SMILES string of the molecule is C=C(C)N=CC(=C)C1CCCN1. The first-order chi connectivity index (χ1) is 5.70. The molecule has 1 fully saturated rings. The fourth-order valence-corrected chi connectivity index (χ4v) is 1.28. The highest BCUT2D eigenvalue weighted by Gasteiger charge is 2.15. The van der Waals surface area contributed by atoms with E-state index in [1.165, 1.54) is 12.8 Å². The second kappa shape index (κ2) is 4.21. The Labute approximate surface area is 74.1 Å². The highest BCUT2D eigenvalue weighted by molar-refractivity contribution is 5.80. The zero-order chi connectivity index (χ0) is 8.97. The van der Waals surface area contributed by atoms with Crippen molar-refractivity contribution in [2.45, 2.75) is 25.8 Å². The topological polar surface area (TPSA) is 24.4 Å². The van der Waals surface area contributed by atoms with Gasteiger partial charge >= 0.3 is 0 Å². The van der Waals surface area contributed by atoms with Gasteiger partial charge in [0.2, 0.25) is 0 Å². The Kier molecular flexibility index (Phi) is 3.23. The molecule has 0 saturated carbocycles. The summed E-state index contributed by atoms with van der Waals surface area (Å²) in [5, 5.41) is 3.36. The molecule has 66 valence electrons. The van der Waals surface area contributed by atoms with Crippen LogP contribution in [0.2, 0.25) is 0 Å². The van der Waals surface area contributed by atoms with Crippen molar-refractivity contribution in [3.63, 3.8) is 0 Å². The molecule has 1 saturated heterocycles. The molecule has 1 aliphatic rings. The summed E-state index contributed by atoms with van der Waals surface area (Å²) in [6.07, 6.45) is 4.23. The Bertz CT molecular complexity index is 210. The molecule has 0 bridgehead atoms. The van der Waals surface area contributed by atoms with Crippen LogP contribution in [0.5, 0.6) is 0 Å². The molecule has 1 rings (SSSR count). The third-order valence-electron chi connectivity index (χ3n) is 1.96. The number of aliphatic imine (C=N–C) groups is 1. The van der Waals surface area contributed by atoms with Gasteiger partial charge in [-0.15, -0.1) is 0 Å². The smallest absolute Gasteiger partial charge is 0.0330 e. The van der Waals surface area contributed by atoms with E-state index in [4.69, 9.17) is 0 Å². The van der Waals surface area contributed by atoms with Crippen LogP contribution in [0.25, 0.3) is 0 Å². The lowest BCUT2D eigenvalue weighted by Crippen LogP contribution is -2.23. The number of hydrogen-bond acceptors (Lipinski definition) is 2. The summed E-state index contributed by atoms with van der Waals surface area (Å²) in [6.45, 7) is 10.6. The van der Waals surface area contributed by atoms with Gasteiger partial charge in [-0.3, -0.25) is 4.99 Å². The molecule has 2 heteroatoms. The van der Waals surface area contributed by atoms with Gasteiger partial charge in [-0.25, -0.2) is 0 Å². The fraction of sp³-hybridized carbons (Fsp3) is 0.500. The predicted octanol–water partition coefficient (Wildman–Crippen LogP) is 1.90. The van der Waals surface area contributed by atoms with Gasteiger partial charge in [0.15, 0.2) is 0 Å². The van der Waals surface area contributed by atoms with Crippen LogP contribution in [-0.2, 0) is 0 Å². The van der Waals surface area contributed by atoms with Gasteiger partial charge in [-0.1, -0.05) is 13.2 Å². The first kappa shape index (κ1) is 9.20. The van der Waals surface area contributed by atoms with Gasteiger partial charge in [0, 0.05) is 18.0 Å². The maximum absolute atomic E-state index is 4.11. The zero-order valence-corrected chi connectivity index (χ0v) is 7.64. The number of nitrogens with zero attached hydrogens (tertiary/aromatic N) is 1. The van der Waals surface area contributed by atoms with E-state index in [1.54, 1.807) is 0 Å². The van der Waals surface area contributed by atoms with E-state index in [1.807, 2.05) is 13.1 Å². The minimum absolute atomic E-state index is 0.438. The summed E-state index contributed by atoms with van der Waals surface area (Å²) in [4.78, 5) is 4.11. The Morgan fingerprint density at radius 3 is 2.83 bits per heavy atom. The second-order valence-corrected chi connectivity index (χ2v) is 3.22. The predicted molar refractivity (Wildman–Crippen MR) is 53.5 cm³/mol. The molecule has 2 nitrogen and oxygen atoms in total. The van der Waals surface area contributed by atoms with Crippen LogP contribution < -0.4 is 5.32 Å². The normalized spacial score (nSPS) is 23.2. The molecule has 12 heavy (non-hydrogen) atoms. The lowest BCUT2D eigenvalue weighted by atomic mass is 10.1. The fourth-order valence-electron chi connectivity index (χ4n) is 1.28. The van der Waals surface area contributed by atoms with Crippen LogP contribution in [0, 0.1) is 0 Å². The monoisotopic (exact) mass is 164 g/mol. The maximum Gasteiger partial charge on any atom is 0.0330 e. The van der Waals surface area contributed by atoms with Crippen LogP contribution in [0.1, 0.15) is 19.8 Å². The lowest BCUT2D eigenvalue weighted by Gasteiger charge is -2.08. The van der Waals surface area contributed by atoms with Gasteiger partial charge in [0.25, 0.3) is 0 Å². The summed E-state index contributed by atoms with van der Waals surface area (Å²) < 4.78 is 0. The first-order valence-corrected chi connectivity index (χ1v) is 4.32. The van der Waals surface area contributed by atoms with E-state index in [0.29, 0.717) is 6.04 Å². The number of hydrogen-bond donors (Lipinski definition) is 1. The van der Waals surface area contributed by atoms with Crippen LogP contribution in [0.15, 0.2) is 29.4 Å². The molecule has 1 atom stereocenters. The van der Waals surface area contributed by atoms with Crippen molar-refractivity contribution in [3.8, 4) is 0 Å². The van der Waals surface area contributed by atoms with Crippen molar-refractivity contribution in [1.29, 1.82) is 0 Å². The summed E-state index contributed by atoms with van der Waals surface area (Å²) in [6, 6.07) is 0.438. The molecule has 0 radical (unpaired) electrons. The lowest BCUT2D eigenvalue weighted by molar-refractivity contribution is 0.714. The standard InChI is InChI=1S/C10H16N2/c1-8(2)12-7-9(3)10-5-4-6-11-10/h7,10-11H,1,3-6H2,2H3. The molecule has 0 spiro atoms. The van der Waals surface area contributed by atoms with Gasteiger partial charge in [-0.2, -0.15) is 0 Å². The summed E-state index contributed by atoms with van der Waals surface area (Å²) in [5.41, 5.74) is 1.89. The summed E-state index contributed by atoms with van der Waals surface area (Å²) >= 11 is 0. The molecule has 1 aliphatic heterocycles. The van der Waals surface area contributed by atoms with E-state index in [-0.39, 0.29) is 0 Å². The first-order valence-electron chi connectivity index (χ1n) is 4.32. The molecular formula is C10H16N2. The van der Waals surface area contributed by atoms with E-state index in [9.17, 15) is 0 Å². The van der Waals surface area contributed by atoms with E-state index >= 15 is 0 Å². The molecular weight excluding hydrogens is 148 g/mol. The molecule has 0 aromatic carbocycles. The number of nitrogens with one attached hydrogen (secondary N) is 1. The second-order valence-electron chi connectivity index (χ2n) is 3.22. The molecule has 1 unspecified atom stereocenters. The zero-order valence-electron chi connectivity index (χ0n) is 7.64. The Morgan fingerprint density at radius 1 is 1.58 bits per heavy atom. The van der Waals surface area contributed by atoms with Gasteiger partial charge in [-0.05, 0) is 31.9 Å². The third-order valence-corrected chi connectivity index (χ3v) is 1.96. The van der Waals surface area contributed by atoms with Gasteiger partial charge in [0.05, 0.1) is 0 Å². The number of rotatable bonds is 3. The van der Waals surface area contributed by atoms with E-state index < -0.39 is 0 Å². The molecule has 0 aliphatic carbocycles. The van der Waals surface area contributed by atoms with Crippen LogP contribution in [0.3, 0.4) is 0 Å². The van der Waals surface area contributed by atoms with E-state index in [0.717, 1.165) is 17.8 Å². The van der Waals surface area contributed by atoms with E-state index in [2.05, 4.69) is 23.5 Å². The third kappa shape index (κ3) is 2.62. The Balaban J connectivity index is 2.42. The van der Waals surface area contributed by atoms with Crippen LogP contribution in [0.4, 0.5) is 0 Å². The van der Waals surface area contributed by atoms with Crippen molar-refractivity contribution in [2.24, 2.45) is 4.99 Å². The maximum atomic E-state index is 4.11. The minimum Gasteiger partial charge on any atom is -0.310 e. The van der Waals surface area contributed by atoms with Crippen LogP contribution >= 0.6 is 0 Å². The van der Waals surface area contributed by atoms with Crippen LogP contribution in [-0.4, -0.2) is 18.8 Å². The summed E-state index contributed by atoms with van der Waals surface area (Å²) in [5.74, 6) is 0. The molecule has 0 aromatic heterocycles. The van der Waals surface area contributed by atoms with Crippen molar-refractivity contribution >= 4 is 6.21 Å². The molecule has 1 N–H and O–H groups in total. The van der Waals surface area contributed by atoms with Crippen molar-refractivity contribution in [2.75, 3.05) is 6.54 Å². The average molecular weight is 164 g/mol. The van der Waals surface area contributed by atoms with Crippen molar-refractivity contribution in [3.05, 3.63) is 24.4 Å². The average Bonchev–Trinajstić information content (AvgIpc) is 2.51. The quantitative estimate of drug-likeness (QED) is 0.633. The van der Waals surface area contributed by atoms with Gasteiger partial charge in [0.1, 0.15) is 0 Å². The number of allylic oxidation sites excluding steroid dienone is 1. The molecule has 1 heterocycles. The highest BCUT2D eigenvalue weighted by Crippen LogP contribution is 2.11. The van der Waals surface area contributed by atoms with Gasteiger partial charge < -0.3 is 5.32 Å². The molecule has 0 aromatic rings. The summed E-state index contributed by atoms with van der Waals surface area (Å²) in [7, 11) is 0. The Hall–Kier alpha value is -0.890.